The predicted octanol–water partition coefficient (Wildman–Crippen LogP) is 7.73. The molecule has 9 heteroatoms. The highest BCUT2D eigenvalue weighted by atomic mass is 79.9. The number of pyridine rings is 1. The van der Waals surface area contributed by atoms with Crippen LogP contribution in [0, 0.1) is 6.92 Å². The minimum Gasteiger partial charge on any atom is -0.456 e. The van der Waals surface area contributed by atoms with Crippen LogP contribution in [0.1, 0.15) is 37.9 Å². The van der Waals surface area contributed by atoms with E-state index in [-0.39, 0.29) is 0 Å². The van der Waals surface area contributed by atoms with Crippen molar-refractivity contribution in [3.63, 3.8) is 0 Å². The van der Waals surface area contributed by atoms with E-state index in [1.54, 1.807) is 18.5 Å². The molecule has 6 nitrogen and oxygen atoms in total. The van der Waals surface area contributed by atoms with E-state index in [0.29, 0.717) is 39.8 Å². The maximum absolute atomic E-state index is 6.53. The highest BCUT2D eigenvalue weighted by Gasteiger charge is 2.14. The van der Waals surface area contributed by atoms with E-state index in [0.717, 1.165) is 28.6 Å². The molecule has 3 rings (SSSR count). The lowest BCUT2D eigenvalue weighted by atomic mass is 10.2. The number of aryl methyl sites for hydroxylation is 1. The largest absolute Gasteiger partial charge is 0.456 e. The fraction of sp³-hybridized carbons (Fsp3) is 0.240. The van der Waals surface area contributed by atoms with Crippen LogP contribution in [-0.4, -0.2) is 28.6 Å². The Hall–Kier alpha value is -2.61. The molecule has 0 atom stereocenters. The first-order valence-corrected chi connectivity index (χ1v) is 12.4. The number of benzene rings is 1. The van der Waals surface area contributed by atoms with Crippen molar-refractivity contribution in [3.8, 4) is 5.75 Å². The zero-order chi connectivity index (χ0) is 24.5. The number of anilines is 1. The topological polar surface area (TPSA) is 62.1 Å². The van der Waals surface area contributed by atoms with Crippen LogP contribution in [0.3, 0.4) is 0 Å². The van der Waals surface area contributed by atoms with Crippen LogP contribution in [-0.2, 0) is 0 Å². The molecule has 2 aromatic rings. The number of hydrogen-bond donors (Lipinski definition) is 1. The molecule has 0 aliphatic carbocycles. The van der Waals surface area contributed by atoms with Gasteiger partial charge in [-0.1, -0.05) is 42.6 Å². The van der Waals surface area contributed by atoms with Gasteiger partial charge >= 0.3 is 0 Å². The SMILES string of the molecule is C/C=N\N1C=CC(Oc2ccc(NC(=N/C=C/CCC)c3nc(Cl)c(Br)cc3C)cc2Cl)=CC1. The van der Waals surface area contributed by atoms with E-state index < -0.39 is 0 Å². The molecule has 0 saturated carbocycles. The highest BCUT2D eigenvalue weighted by molar-refractivity contribution is 9.10. The quantitative estimate of drug-likeness (QED) is 0.203. The van der Waals surface area contributed by atoms with E-state index in [2.05, 4.69) is 43.2 Å². The van der Waals surface area contributed by atoms with Gasteiger partial charge in [-0.15, -0.1) is 0 Å². The first-order valence-electron chi connectivity index (χ1n) is 10.8. The van der Waals surface area contributed by atoms with Gasteiger partial charge in [0, 0.05) is 24.3 Å². The second kappa shape index (κ2) is 12.7. The molecule has 34 heavy (non-hydrogen) atoms. The number of amidine groups is 1. The molecular weight excluding hydrogens is 537 g/mol. The van der Waals surface area contributed by atoms with Gasteiger partial charge in [-0.3, -0.25) is 5.01 Å². The molecule has 0 spiro atoms. The summed E-state index contributed by atoms with van der Waals surface area (Å²) in [4.78, 5) is 9.12. The first kappa shape index (κ1) is 26.0. The molecule has 178 valence electrons. The number of hydrogen-bond acceptors (Lipinski definition) is 5. The van der Waals surface area contributed by atoms with Crippen molar-refractivity contribution in [3.05, 3.63) is 86.6 Å². The van der Waals surface area contributed by atoms with Gasteiger partial charge in [0.05, 0.1) is 16.0 Å². The van der Waals surface area contributed by atoms with E-state index >= 15 is 0 Å². The number of halogens is 3. The Morgan fingerprint density at radius 2 is 2.15 bits per heavy atom. The number of aliphatic imine (C=N–C) groups is 1. The summed E-state index contributed by atoms with van der Waals surface area (Å²) in [5.74, 6) is 1.83. The molecule has 1 aliphatic heterocycles. The number of ether oxygens (including phenoxy) is 1. The van der Waals surface area contributed by atoms with Crippen LogP contribution in [0.15, 0.2) is 75.2 Å². The summed E-state index contributed by atoms with van der Waals surface area (Å²) in [6, 6.07) is 7.40. The lowest BCUT2D eigenvalue weighted by molar-refractivity contribution is 0.395. The maximum Gasteiger partial charge on any atom is 0.156 e. The first-order chi connectivity index (χ1) is 16.4. The van der Waals surface area contributed by atoms with Gasteiger partial charge in [-0.25, -0.2) is 9.98 Å². The van der Waals surface area contributed by atoms with Crippen LogP contribution in [0.5, 0.6) is 5.75 Å². The summed E-state index contributed by atoms with van der Waals surface area (Å²) in [5, 5.41) is 10.2. The molecule has 1 aliphatic rings. The molecule has 2 heterocycles. The average Bonchev–Trinajstić information content (AvgIpc) is 2.81. The molecule has 1 N–H and O–H groups in total. The van der Waals surface area contributed by atoms with Gasteiger partial charge in [0.25, 0.3) is 0 Å². The molecule has 0 unspecified atom stereocenters. The Bertz CT molecular complexity index is 1170. The minimum atomic E-state index is 0.367. The smallest absolute Gasteiger partial charge is 0.156 e. The van der Waals surface area contributed by atoms with Crippen molar-refractivity contribution in [2.24, 2.45) is 10.1 Å². The minimum absolute atomic E-state index is 0.367. The lowest BCUT2D eigenvalue weighted by Gasteiger charge is -2.18. The summed E-state index contributed by atoms with van der Waals surface area (Å²) in [6.07, 6.45) is 13.1. The number of nitrogens with zero attached hydrogens (tertiary/aromatic N) is 4. The summed E-state index contributed by atoms with van der Waals surface area (Å²) in [6.45, 7) is 6.58. The van der Waals surface area contributed by atoms with Gasteiger partial charge in [0.1, 0.15) is 22.4 Å². The van der Waals surface area contributed by atoms with Crippen molar-refractivity contribution in [1.29, 1.82) is 0 Å². The van der Waals surface area contributed by atoms with E-state index in [4.69, 9.17) is 27.9 Å². The van der Waals surface area contributed by atoms with Gasteiger partial charge in [0.15, 0.2) is 5.84 Å². The zero-order valence-electron chi connectivity index (χ0n) is 19.2. The number of rotatable bonds is 8. The summed E-state index contributed by atoms with van der Waals surface area (Å²) in [7, 11) is 0. The van der Waals surface area contributed by atoms with Crippen LogP contribution >= 0.6 is 39.1 Å². The fourth-order valence-corrected chi connectivity index (χ4v) is 3.82. The van der Waals surface area contributed by atoms with Gasteiger partial charge in [-0.05, 0) is 78.2 Å². The van der Waals surface area contributed by atoms with Crippen molar-refractivity contribution in [2.75, 3.05) is 11.9 Å². The predicted molar refractivity (Wildman–Crippen MR) is 146 cm³/mol. The number of aromatic nitrogens is 1. The van der Waals surface area contributed by atoms with Crippen molar-refractivity contribution >= 4 is 56.9 Å². The molecule has 0 fully saturated rings. The Balaban J connectivity index is 1.81. The number of allylic oxidation sites excluding steroid dienone is 2. The molecule has 0 amide bonds. The Morgan fingerprint density at radius 1 is 1.32 bits per heavy atom. The molecule has 1 aromatic heterocycles. The second-order valence-corrected chi connectivity index (χ2v) is 8.99. The Morgan fingerprint density at radius 3 is 2.82 bits per heavy atom. The fourth-order valence-electron chi connectivity index (χ4n) is 3.03. The van der Waals surface area contributed by atoms with E-state index in [9.17, 15) is 0 Å². The Labute approximate surface area is 218 Å². The number of unbranched alkanes of at least 4 members (excludes halogenated alkanes) is 1. The number of nitrogens with one attached hydrogen (secondary N) is 1. The van der Waals surface area contributed by atoms with Crippen LogP contribution in [0.4, 0.5) is 5.69 Å². The normalized spacial score (nSPS) is 14.2. The van der Waals surface area contributed by atoms with Crippen molar-refractivity contribution < 1.29 is 4.74 Å². The maximum atomic E-state index is 6.53. The zero-order valence-corrected chi connectivity index (χ0v) is 22.3. The van der Waals surface area contributed by atoms with Crippen LogP contribution in [0.25, 0.3) is 0 Å². The van der Waals surface area contributed by atoms with E-state index in [1.165, 1.54) is 0 Å². The van der Waals surface area contributed by atoms with Crippen LogP contribution < -0.4 is 10.1 Å². The summed E-state index contributed by atoms with van der Waals surface area (Å²) >= 11 is 16.2. The number of hydrazone groups is 1. The standard InChI is InChI=1S/C25H26BrCl2N5O/c1-4-6-7-12-29-25(23-17(3)15-20(26)24(28)32-23)31-18-8-9-22(21(27)16-18)34-19-10-13-33(14-11-19)30-5-2/h5,7-13,15-16H,4,6,14H2,1-3H3,(H,29,31)/b12-7+,30-5-. The third-order valence-electron chi connectivity index (χ3n) is 4.69. The summed E-state index contributed by atoms with van der Waals surface area (Å²) < 4.78 is 6.69. The van der Waals surface area contributed by atoms with Gasteiger partial charge in [-0.2, -0.15) is 5.10 Å². The second-order valence-electron chi connectivity index (χ2n) is 7.37. The van der Waals surface area contributed by atoms with E-state index in [1.807, 2.05) is 61.5 Å². The molecule has 0 radical (unpaired) electrons. The molecule has 0 bridgehead atoms. The molecular formula is C25H26BrCl2N5O. The highest BCUT2D eigenvalue weighted by Crippen LogP contribution is 2.30. The monoisotopic (exact) mass is 561 g/mol. The third kappa shape index (κ3) is 7.19. The van der Waals surface area contributed by atoms with Gasteiger partial charge < -0.3 is 10.1 Å². The molecule has 1 aromatic carbocycles. The third-order valence-corrected chi connectivity index (χ3v) is 6.11. The van der Waals surface area contributed by atoms with Crippen molar-refractivity contribution in [1.82, 2.24) is 9.99 Å². The van der Waals surface area contributed by atoms with Crippen LogP contribution in [0.2, 0.25) is 10.2 Å². The lowest BCUT2D eigenvalue weighted by Crippen LogP contribution is -2.17. The average molecular weight is 563 g/mol. The molecule has 0 saturated heterocycles. The van der Waals surface area contributed by atoms with Crippen molar-refractivity contribution in [2.45, 2.75) is 33.6 Å². The Kier molecular flexibility index (Phi) is 9.74. The summed E-state index contributed by atoms with van der Waals surface area (Å²) in [5.41, 5.74) is 2.33. The van der Waals surface area contributed by atoms with Gasteiger partial charge in [0.2, 0.25) is 0 Å².